The molecule has 0 saturated heterocycles. The molecule has 3 aliphatic carbocycles. The first-order chi connectivity index (χ1) is 6.24. The van der Waals surface area contributed by atoms with Crippen molar-refractivity contribution in [2.45, 2.75) is 45.1 Å². The summed E-state index contributed by atoms with van der Waals surface area (Å²) >= 11 is 0. The van der Waals surface area contributed by atoms with E-state index in [4.69, 9.17) is 0 Å². The SMILES string of the molecule is CNC1CCC2C1C1CC[C@@]2(C)C1. The predicted molar refractivity (Wildman–Crippen MR) is 54.5 cm³/mol. The van der Waals surface area contributed by atoms with E-state index >= 15 is 0 Å². The largest absolute Gasteiger partial charge is 0.317 e. The van der Waals surface area contributed by atoms with Gasteiger partial charge in [-0.2, -0.15) is 0 Å². The fraction of sp³-hybridized carbons (Fsp3) is 1.00. The Balaban J connectivity index is 1.90. The second-order valence-corrected chi connectivity index (χ2v) is 5.81. The van der Waals surface area contributed by atoms with Crippen LogP contribution in [-0.4, -0.2) is 13.1 Å². The van der Waals surface area contributed by atoms with Gasteiger partial charge < -0.3 is 5.32 Å². The van der Waals surface area contributed by atoms with Crippen molar-refractivity contribution in [3.8, 4) is 0 Å². The molecule has 0 radical (unpaired) electrons. The Morgan fingerprint density at radius 3 is 2.85 bits per heavy atom. The van der Waals surface area contributed by atoms with Gasteiger partial charge in [0.2, 0.25) is 0 Å². The summed E-state index contributed by atoms with van der Waals surface area (Å²) in [5, 5.41) is 3.54. The lowest BCUT2D eigenvalue weighted by atomic mass is 9.72. The third kappa shape index (κ3) is 0.918. The first kappa shape index (κ1) is 8.28. The third-order valence-electron chi connectivity index (χ3n) is 5.34. The molecule has 0 aromatic carbocycles. The molecule has 0 spiro atoms. The van der Waals surface area contributed by atoms with Gasteiger partial charge in [-0.25, -0.2) is 0 Å². The second kappa shape index (κ2) is 2.50. The van der Waals surface area contributed by atoms with Crippen LogP contribution < -0.4 is 5.32 Å². The summed E-state index contributed by atoms with van der Waals surface area (Å²) < 4.78 is 0. The van der Waals surface area contributed by atoms with Gasteiger partial charge in [0.05, 0.1) is 0 Å². The number of hydrogen-bond acceptors (Lipinski definition) is 1. The van der Waals surface area contributed by atoms with Crippen LogP contribution in [0, 0.1) is 23.2 Å². The Hall–Kier alpha value is -0.0400. The highest BCUT2D eigenvalue weighted by Gasteiger charge is 2.58. The van der Waals surface area contributed by atoms with Crippen LogP contribution in [-0.2, 0) is 0 Å². The van der Waals surface area contributed by atoms with Gasteiger partial charge in [-0.1, -0.05) is 6.92 Å². The first-order valence-electron chi connectivity index (χ1n) is 5.92. The number of hydrogen-bond donors (Lipinski definition) is 1. The summed E-state index contributed by atoms with van der Waals surface area (Å²) in [7, 11) is 2.15. The zero-order valence-electron chi connectivity index (χ0n) is 8.84. The lowest BCUT2D eigenvalue weighted by Gasteiger charge is -2.34. The van der Waals surface area contributed by atoms with Crippen molar-refractivity contribution in [3.63, 3.8) is 0 Å². The predicted octanol–water partition coefficient (Wildman–Crippen LogP) is 2.42. The van der Waals surface area contributed by atoms with Crippen LogP contribution in [0.1, 0.15) is 39.0 Å². The fourth-order valence-corrected chi connectivity index (χ4v) is 4.81. The van der Waals surface area contributed by atoms with Gasteiger partial charge in [0, 0.05) is 6.04 Å². The quantitative estimate of drug-likeness (QED) is 0.652. The smallest absolute Gasteiger partial charge is 0.00979 e. The zero-order valence-corrected chi connectivity index (χ0v) is 8.84. The Bertz CT molecular complexity index is 225. The van der Waals surface area contributed by atoms with Crippen molar-refractivity contribution in [2.24, 2.45) is 23.2 Å². The molecule has 1 N–H and O–H groups in total. The monoisotopic (exact) mass is 179 g/mol. The lowest BCUT2D eigenvalue weighted by molar-refractivity contribution is 0.162. The van der Waals surface area contributed by atoms with Gasteiger partial charge in [-0.3, -0.25) is 0 Å². The van der Waals surface area contributed by atoms with Gasteiger partial charge in [-0.15, -0.1) is 0 Å². The molecular formula is C12H21N. The minimum atomic E-state index is 0.751. The minimum absolute atomic E-state index is 0.751. The van der Waals surface area contributed by atoms with E-state index in [0.717, 1.165) is 29.2 Å². The van der Waals surface area contributed by atoms with Crippen LogP contribution in [0.25, 0.3) is 0 Å². The summed E-state index contributed by atoms with van der Waals surface area (Å²) in [5.41, 5.74) is 0.751. The molecule has 3 saturated carbocycles. The van der Waals surface area contributed by atoms with Crippen molar-refractivity contribution < 1.29 is 0 Å². The second-order valence-electron chi connectivity index (χ2n) is 5.81. The minimum Gasteiger partial charge on any atom is -0.317 e. The Morgan fingerprint density at radius 1 is 1.23 bits per heavy atom. The third-order valence-corrected chi connectivity index (χ3v) is 5.34. The maximum absolute atomic E-state index is 3.54. The molecule has 0 aromatic heterocycles. The van der Waals surface area contributed by atoms with Crippen molar-refractivity contribution in [1.82, 2.24) is 5.32 Å². The molecule has 3 rings (SSSR count). The maximum Gasteiger partial charge on any atom is 0.00979 e. The molecule has 0 heterocycles. The van der Waals surface area contributed by atoms with Gasteiger partial charge in [0.15, 0.2) is 0 Å². The zero-order chi connectivity index (χ0) is 9.05. The van der Waals surface area contributed by atoms with Crippen molar-refractivity contribution in [3.05, 3.63) is 0 Å². The van der Waals surface area contributed by atoms with E-state index < -0.39 is 0 Å². The number of nitrogens with one attached hydrogen (secondary N) is 1. The highest BCUT2D eigenvalue weighted by molar-refractivity contribution is 5.09. The van der Waals surface area contributed by atoms with Crippen molar-refractivity contribution in [2.75, 3.05) is 7.05 Å². The molecule has 3 aliphatic rings. The molecule has 4 unspecified atom stereocenters. The van der Waals surface area contributed by atoms with Gasteiger partial charge in [-0.05, 0) is 62.3 Å². The Labute approximate surface area is 81.3 Å². The topological polar surface area (TPSA) is 12.0 Å². The van der Waals surface area contributed by atoms with E-state index in [1.807, 2.05) is 0 Å². The van der Waals surface area contributed by atoms with Gasteiger partial charge in [0.1, 0.15) is 0 Å². The van der Waals surface area contributed by atoms with E-state index in [0.29, 0.717) is 0 Å². The Kier molecular flexibility index (Phi) is 1.59. The van der Waals surface area contributed by atoms with E-state index in [2.05, 4.69) is 19.3 Å². The van der Waals surface area contributed by atoms with Crippen LogP contribution in [0.3, 0.4) is 0 Å². The molecule has 5 atom stereocenters. The van der Waals surface area contributed by atoms with E-state index in [9.17, 15) is 0 Å². The molecule has 74 valence electrons. The summed E-state index contributed by atoms with van der Waals surface area (Å²) in [6.45, 7) is 2.55. The molecule has 13 heavy (non-hydrogen) atoms. The molecule has 0 aliphatic heterocycles. The molecule has 2 bridgehead atoms. The summed E-state index contributed by atoms with van der Waals surface area (Å²) in [5.74, 6) is 3.20. The van der Waals surface area contributed by atoms with Crippen LogP contribution >= 0.6 is 0 Å². The molecule has 3 fully saturated rings. The Morgan fingerprint density at radius 2 is 2.08 bits per heavy atom. The molecule has 0 amide bonds. The van der Waals surface area contributed by atoms with Crippen molar-refractivity contribution in [1.29, 1.82) is 0 Å². The van der Waals surface area contributed by atoms with Gasteiger partial charge in [0.25, 0.3) is 0 Å². The van der Waals surface area contributed by atoms with Crippen LogP contribution in [0.2, 0.25) is 0 Å². The van der Waals surface area contributed by atoms with E-state index in [-0.39, 0.29) is 0 Å². The average Bonchev–Trinajstić information content (AvgIpc) is 2.72. The average molecular weight is 179 g/mol. The first-order valence-corrected chi connectivity index (χ1v) is 5.92. The van der Waals surface area contributed by atoms with Gasteiger partial charge >= 0.3 is 0 Å². The number of rotatable bonds is 1. The fourth-order valence-electron chi connectivity index (χ4n) is 4.81. The number of fused-ring (bicyclic) bond motifs is 5. The van der Waals surface area contributed by atoms with Crippen LogP contribution in [0.5, 0.6) is 0 Å². The van der Waals surface area contributed by atoms with Crippen molar-refractivity contribution >= 4 is 0 Å². The summed E-state index contributed by atoms with van der Waals surface area (Å²) in [6, 6.07) is 0.858. The van der Waals surface area contributed by atoms with E-state index in [1.165, 1.54) is 25.7 Å². The highest BCUT2D eigenvalue weighted by Crippen LogP contribution is 2.65. The molecule has 1 heteroatoms. The van der Waals surface area contributed by atoms with E-state index in [1.54, 1.807) is 6.42 Å². The summed E-state index contributed by atoms with van der Waals surface area (Å²) in [6.07, 6.45) is 7.53. The molecular weight excluding hydrogens is 158 g/mol. The lowest BCUT2D eigenvalue weighted by Crippen LogP contribution is -2.36. The highest BCUT2D eigenvalue weighted by atomic mass is 14.9. The van der Waals surface area contributed by atoms with Crippen LogP contribution in [0.15, 0.2) is 0 Å². The molecule has 1 nitrogen and oxygen atoms in total. The van der Waals surface area contributed by atoms with Crippen LogP contribution in [0.4, 0.5) is 0 Å². The molecule has 0 aromatic rings. The maximum atomic E-state index is 3.54. The summed E-state index contributed by atoms with van der Waals surface area (Å²) in [4.78, 5) is 0. The standard InChI is InChI=1S/C12H21N/c1-12-6-5-8(7-12)11-9(12)3-4-10(11)13-2/h8-11,13H,3-7H2,1-2H3/t8?,9?,10?,11?,12-/m0/s1. The normalized spacial score (nSPS) is 58.6.